The average Bonchev–Trinajstić information content (AvgIpc) is 2.84. The van der Waals surface area contributed by atoms with Crippen molar-refractivity contribution in [3.8, 4) is 6.07 Å². The number of nitrogens with zero attached hydrogens (tertiary/aromatic N) is 5. The van der Waals surface area contributed by atoms with Crippen LogP contribution in [0.1, 0.15) is 17.3 Å². The fraction of sp³-hybridized carbons (Fsp3) is 0.273. The first kappa shape index (κ1) is 13.4. The maximum absolute atomic E-state index is 10.9. The van der Waals surface area contributed by atoms with Gasteiger partial charge in [0, 0.05) is 25.2 Å². The predicted octanol–water partition coefficient (Wildman–Crippen LogP) is 1.21. The molecule has 2 aromatic rings. The molecule has 9 nitrogen and oxygen atoms in total. The lowest BCUT2D eigenvalue weighted by Gasteiger charge is -2.04. The standard InChI is InChI=1S/C11H10N6O3/c1-7-15-10(20-16-7)2-3-13-11-9(17(18)19)4-8(5-12)6-14-11/h4,6H,2-3H2,1H3,(H,13,14). The second-order valence-electron chi connectivity index (χ2n) is 3.87. The second-order valence-corrected chi connectivity index (χ2v) is 3.87. The van der Waals surface area contributed by atoms with Crippen molar-refractivity contribution in [2.45, 2.75) is 13.3 Å². The van der Waals surface area contributed by atoms with Crippen LogP contribution in [0.3, 0.4) is 0 Å². The van der Waals surface area contributed by atoms with E-state index < -0.39 is 4.92 Å². The Labute approximate surface area is 113 Å². The van der Waals surface area contributed by atoms with Crippen LogP contribution in [0.2, 0.25) is 0 Å². The lowest BCUT2D eigenvalue weighted by Crippen LogP contribution is -2.09. The van der Waals surface area contributed by atoms with E-state index in [1.165, 1.54) is 12.3 Å². The van der Waals surface area contributed by atoms with Crippen LogP contribution in [-0.4, -0.2) is 26.6 Å². The summed E-state index contributed by atoms with van der Waals surface area (Å²) in [6.07, 6.45) is 1.69. The summed E-state index contributed by atoms with van der Waals surface area (Å²) in [5.74, 6) is 1.07. The van der Waals surface area contributed by atoms with Crippen molar-refractivity contribution in [3.63, 3.8) is 0 Å². The van der Waals surface area contributed by atoms with Gasteiger partial charge in [-0.15, -0.1) is 0 Å². The Bertz CT molecular complexity index is 675. The Hall–Kier alpha value is -3.02. The highest BCUT2D eigenvalue weighted by Gasteiger charge is 2.16. The van der Waals surface area contributed by atoms with Crippen molar-refractivity contribution in [3.05, 3.63) is 39.7 Å². The molecule has 2 aromatic heterocycles. The van der Waals surface area contributed by atoms with Crippen molar-refractivity contribution in [1.29, 1.82) is 5.26 Å². The highest BCUT2D eigenvalue weighted by Crippen LogP contribution is 2.22. The number of rotatable bonds is 5. The van der Waals surface area contributed by atoms with Crippen LogP contribution in [0.25, 0.3) is 0 Å². The van der Waals surface area contributed by atoms with Gasteiger partial charge >= 0.3 is 5.69 Å². The third-order valence-corrected chi connectivity index (χ3v) is 2.39. The van der Waals surface area contributed by atoms with Crippen molar-refractivity contribution in [2.24, 2.45) is 0 Å². The summed E-state index contributed by atoms with van der Waals surface area (Å²) in [4.78, 5) is 18.2. The van der Waals surface area contributed by atoms with E-state index in [0.29, 0.717) is 24.7 Å². The number of hydrogen-bond acceptors (Lipinski definition) is 8. The molecule has 0 unspecified atom stereocenters. The molecule has 0 aliphatic carbocycles. The summed E-state index contributed by atoms with van der Waals surface area (Å²) in [5, 5.41) is 26.1. The van der Waals surface area contributed by atoms with Crippen LogP contribution in [-0.2, 0) is 6.42 Å². The summed E-state index contributed by atoms with van der Waals surface area (Å²) in [6.45, 7) is 2.05. The smallest absolute Gasteiger partial charge is 0.312 e. The molecule has 0 atom stereocenters. The summed E-state index contributed by atoms with van der Waals surface area (Å²) < 4.78 is 4.92. The zero-order valence-corrected chi connectivity index (χ0v) is 10.5. The summed E-state index contributed by atoms with van der Waals surface area (Å²) in [6, 6.07) is 2.98. The Morgan fingerprint density at radius 1 is 1.60 bits per heavy atom. The number of aryl methyl sites for hydroxylation is 1. The van der Waals surface area contributed by atoms with E-state index in [4.69, 9.17) is 9.78 Å². The van der Waals surface area contributed by atoms with Gasteiger partial charge in [0.1, 0.15) is 6.07 Å². The van der Waals surface area contributed by atoms with Crippen LogP contribution < -0.4 is 5.32 Å². The first-order chi connectivity index (χ1) is 9.60. The Kier molecular flexibility index (Phi) is 3.85. The van der Waals surface area contributed by atoms with Crippen LogP contribution >= 0.6 is 0 Å². The topological polar surface area (TPSA) is 131 Å². The van der Waals surface area contributed by atoms with Gasteiger partial charge in [0.25, 0.3) is 0 Å². The van der Waals surface area contributed by atoms with Gasteiger partial charge in [-0.1, -0.05) is 5.16 Å². The molecule has 1 N–H and O–H groups in total. The molecule has 0 aliphatic heterocycles. The molecule has 0 aliphatic rings. The van der Waals surface area contributed by atoms with E-state index in [0.717, 1.165) is 0 Å². The summed E-state index contributed by atoms with van der Waals surface area (Å²) >= 11 is 0. The van der Waals surface area contributed by atoms with Crippen molar-refractivity contribution >= 4 is 11.5 Å². The molecule has 0 fully saturated rings. The first-order valence-corrected chi connectivity index (χ1v) is 5.67. The van der Waals surface area contributed by atoms with Crippen molar-refractivity contribution in [2.75, 3.05) is 11.9 Å². The number of hydrogen-bond donors (Lipinski definition) is 1. The summed E-state index contributed by atoms with van der Waals surface area (Å²) in [5.41, 5.74) is -0.111. The van der Waals surface area contributed by atoms with Gasteiger partial charge in [0.2, 0.25) is 11.7 Å². The van der Waals surface area contributed by atoms with E-state index in [1.807, 2.05) is 0 Å². The van der Waals surface area contributed by atoms with Crippen molar-refractivity contribution in [1.82, 2.24) is 15.1 Å². The van der Waals surface area contributed by atoms with Crippen LogP contribution in [0, 0.1) is 28.4 Å². The molecule has 0 saturated carbocycles. The van der Waals surface area contributed by atoms with Gasteiger partial charge in [-0.05, 0) is 6.92 Å². The molecule has 0 bridgehead atoms. The minimum Gasteiger partial charge on any atom is -0.364 e. The zero-order valence-electron chi connectivity index (χ0n) is 10.5. The monoisotopic (exact) mass is 274 g/mol. The van der Waals surface area contributed by atoms with Gasteiger partial charge < -0.3 is 9.84 Å². The fourth-order valence-electron chi connectivity index (χ4n) is 1.52. The molecule has 9 heteroatoms. The molecule has 0 aromatic carbocycles. The van der Waals surface area contributed by atoms with E-state index in [9.17, 15) is 10.1 Å². The molecule has 0 amide bonds. The number of anilines is 1. The maximum atomic E-state index is 10.9. The van der Waals surface area contributed by atoms with Gasteiger partial charge in [0.15, 0.2) is 5.82 Å². The van der Waals surface area contributed by atoms with Gasteiger partial charge in [-0.3, -0.25) is 10.1 Å². The van der Waals surface area contributed by atoms with Gasteiger partial charge in [-0.2, -0.15) is 10.2 Å². The molecule has 0 saturated heterocycles. The molecule has 0 spiro atoms. The third-order valence-electron chi connectivity index (χ3n) is 2.39. The van der Waals surface area contributed by atoms with Crippen molar-refractivity contribution < 1.29 is 9.45 Å². The number of pyridine rings is 1. The van der Waals surface area contributed by atoms with E-state index in [2.05, 4.69) is 20.4 Å². The fourth-order valence-corrected chi connectivity index (χ4v) is 1.52. The SMILES string of the molecule is Cc1noc(CCNc2ncc(C#N)cc2[N+](=O)[O-])n1. The van der Waals surface area contributed by atoms with E-state index in [1.54, 1.807) is 13.0 Å². The minimum absolute atomic E-state index is 0.102. The first-order valence-electron chi connectivity index (χ1n) is 5.67. The normalized spacial score (nSPS) is 10.0. The molecule has 2 rings (SSSR count). The maximum Gasteiger partial charge on any atom is 0.312 e. The molecule has 20 heavy (non-hydrogen) atoms. The van der Waals surface area contributed by atoms with Crippen LogP contribution in [0.15, 0.2) is 16.8 Å². The highest BCUT2D eigenvalue weighted by molar-refractivity contribution is 5.58. The quantitative estimate of drug-likeness (QED) is 0.635. The minimum atomic E-state index is -0.590. The molecular weight excluding hydrogens is 264 g/mol. The second kappa shape index (κ2) is 5.75. The predicted molar refractivity (Wildman–Crippen MR) is 66.8 cm³/mol. The molecule has 0 radical (unpaired) electrons. The molecular formula is C11H10N6O3. The van der Waals surface area contributed by atoms with E-state index in [-0.39, 0.29) is 17.1 Å². The molecule has 102 valence electrons. The lowest BCUT2D eigenvalue weighted by molar-refractivity contribution is -0.384. The number of aromatic nitrogens is 3. The Morgan fingerprint density at radius 3 is 3.00 bits per heavy atom. The summed E-state index contributed by atoms with van der Waals surface area (Å²) in [7, 11) is 0. The highest BCUT2D eigenvalue weighted by atomic mass is 16.6. The zero-order chi connectivity index (χ0) is 14.5. The van der Waals surface area contributed by atoms with Crippen LogP contribution in [0.5, 0.6) is 0 Å². The Balaban J connectivity index is 2.05. The number of nitro groups is 1. The lowest BCUT2D eigenvalue weighted by atomic mass is 10.2. The number of nitriles is 1. The van der Waals surface area contributed by atoms with Gasteiger partial charge in [0.05, 0.1) is 10.5 Å². The number of nitrogens with one attached hydrogen (secondary N) is 1. The van der Waals surface area contributed by atoms with Gasteiger partial charge in [-0.25, -0.2) is 4.98 Å². The average molecular weight is 274 g/mol. The Morgan fingerprint density at radius 2 is 2.40 bits per heavy atom. The van der Waals surface area contributed by atoms with Crippen LogP contribution in [0.4, 0.5) is 11.5 Å². The largest absolute Gasteiger partial charge is 0.364 e. The van der Waals surface area contributed by atoms with E-state index >= 15 is 0 Å². The molecule has 2 heterocycles. The third kappa shape index (κ3) is 3.05.